The Morgan fingerprint density at radius 1 is 0.871 bits per heavy atom. The highest BCUT2D eigenvalue weighted by Gasteiger charge is 2.58. The van der Waals surface area contributed by atoms with Crippen LogP contribution in [-0.4, -0.2) is 51.6 Å². The molecule has 1 spiro atoms. The topological polar surface area (TPSA) is 95.9 Å². The Morgan fingerprint density at radius 2 is 1.52 bits per heavy atom. The number of rotatable bonds is 6. The number of oxime groups is 1. The van der Waals surface area contributed by atoms with Crippen molar-refractivity contribution in [3.8, 4) is 23.0 Å². The number of hydrogen-bond donors (Lipinski definition) is 0. The van der Waals surface area contributed by atoms with Gasteiger partial charge >= 0.3 is 0 Å². The summed E-state index contributed by atoms with van der Waals surface area (Å²) in [6, 6.07) is 10.1. The molecule has 1 fully saturated rings. The van der Waals surface area contributed by atoms with E-state index in [1.807, 2.05) is 0 Å². The molecule has 2 amide bonds. The zero-order chi connectivity index (χ0) is 22.2. The van der Waals surface area contributed by atoms with E-state index in [0.29, 0.717) is 40.0 Å². The highest BCUT2D eigenvalue weighted by molar-refractivity contribution is 6.26. The lowest BCUT2D eigenvalue weighted by atomic mass is 9.92. The molecule has 9 heteroatoms. The van der Waals surface area contributed by atoms with Crippen molar-refractivity contribution in [2.75, 3.05) is 33.3 Å². The molecule has 2 aromatic carbocycles. The number of amides is 2. The molecule has 1 saturated heterocycles. The fourth-order valence-electron chi connectivity index (χ4n) is 3.79. The van der Waals surface area contributed by atoms with Crippen molar-refractivity contribution < 1.29 is 33.4 Å². The molecule has 9 nitrogen and oxygen atoms in total. The van der Waals surface area contributed by atoms with Crippen molar-refractivity contribution in [1.29, 1.82) is 0 Å². The molecular weight excluding hydrogens is 404 g/mol. The number of carbonyl (C=O) groups is 2. The van der Waals surface area contributed by atoms with Crippen LogP contribution in [0, 0.1) is 0 Å². The first-order valence-electron chi connectivity index (χ1n) is 9.53. The molecule has 2 heterocycles. The summed E-state index contributed by atoms with van der Waals surface area (Å²) in [5.41, 5.74) is 0.147. The number of ether oxygens (including phenoxy) is 4. The summed E-state index contributed by atoms with van der Waals surface area (Å²) in [6.45, 7) is 0. The van der Waals surface area contributed by atoms with Crippen LogP contribution < -0.4 is 23.8 Å². The van der Waals surface area contributed by atoms with E-state index in [1.165, 1.54) is 21.3 Å². The summed E-state index contributed by atoms with van der Waals surface area (Å²) < 4.78 is 21.3. The van der Waals surface area contributed by atoms with Gasteiger partial charge in [-0.15, -0.1) is 0 Å². The number of hydrogen-bond acceptors (Lipinski definition) is 8. The van der Waals surface area contributed by atoms with Crippen LogP contribution in [0.25, 0.3) is 0 Å². The normalized spacial score (nSPS) is 20.0. The molecule has 1 unspecified atom stereocenters. The molecule has 1 atom stereocenters. The van der Waals surface area contributed by atoms with E-state index < -0.39 is 11.5 Å². The molecule has 2 aromatic rings. The smallest absolute Gasteiger partial charge is 0.281 e. The molecule has 0 saturated carbocycles. The Hall–Kier alpha value is -3.75. The van der Waals surface area contributed by atoms with Gasteiger partial charge < -0.3 is 23.8 Å². The van der Waals surface area contributed by atoms with E-state index in [2.05, 4.69) is 5.16 Å². The second kappa shape index (κ2) is 7.82. The van der Waals surface area contributed by atoms with Crippen LogP contribution in [0.5, 0.6) is 23.0 Å². The first kappa shape index (κ1) is 20.5. The number of methoxy groups -OCH3 is 4. The van der Waals surface area contributed by atoms with Crippen LogP contribution >= 0.6 is 0 Å². The van der Waals surface area contributed by atoms with Crippen molar-refractivity contribution in [2.24, 2.45) is 5.16 Å². The highest BCUT2D eigenvalue weighted by atomic mass is 16.7. The molecule has 31 heavy (non-hydrogen) atoms. The van der Waals surface area contributed by atoms with E-state index >= 15 is 0 Å². The monoisotopic (exact) mass is 426 g/mol. The Kier molecular flexibility index (Phi) is 5.18. The van der Waals surface area contributed by atoms with Crippen LogP contribution in [0.2, 0.25) is 0 Å². The second-order valence-corrected chi connectivity index (χ2v) is 7.12. The van der Waals surface area contributed by atoms with E-state index in [-0.39, 0.29) is 18.7 Å². The van der Waals surface area contributed by atoms with Gasteiger partial charge in [0.2, 0.25) is 11.5 Å². The van der Waals surface area contributed by atoms with Gasteiger partial charge in [-0.05, 0) is 30.3 Å². The first-order valence-corrected chi connectivity index (χ1v) is 9.53. The average Bonchev–Trinajstić information content (AvgIpc) is 3.33. The molecule has 2 aliphatic rings. The fraction of sp³-hybridized carbons (Fsp3) is 0.318. The minimum absolute atomic E-state index is 0.111. The van der Waals surface area contributed by atoms with Gasteiger partial charge in [0, 0.05) is 18.1 Å². The highest BCUT2D eigenvalue weighted by Crippen LogP contribution is 2.42. The second-order valence-electron chi connectivity index (χ2n) is 7.12. The summed E-state index contributed by atoms with van der Waals surface area (Å²) in [7, 11) is 6.11. The lowest BCUT2D eigenvalue weighted by Gasteiger charge is -2.19. The first-order chi connectivity index (χ1) is 15.0. The maximum absolute atomic E-state index is 13.2. The van der Waals surface area contributed by atoms with Crippen molar-refractivity contribution in [1.82, 2.24) is 0 Å². The van der Waals surface area contributed by atoms with E-state index in [9.17, 15) is 9.59 Å². The quantitative estimate of drug-likeness (QED) is 0.655. The number of carbonyl (C=O) groups excluding carboxylic acids is 2. The number of anilines is 1. The van der Waals surface area contributed by atoms with Crippen LogP contribution in [0.15, 0.2) is 41.6 Å². The fourth-order valence-corrected chi connectivity index (χ4v) is 3.79. The average molecular weight is 426 g/mol. The molecule has 0 N–H and O–H groups in total. The predicted octanol–water partition coefficient (Wildman–Crippen LogP) is 2.55. The summed E-state index contributed by atoms with van der Waals surface area (Å²) in [5, 5.41) is 4.14. The lowest BCUT2D eigenvalue weighted by Crippen LogP contribution is -2.40. The van der Waals surface area contributed by atoms with E-state index in [1.54, 1.807) is 43.5 Å². The standard InChI is InChI=1S/C22H22N2O7/c1-27-14-7-5-13(6-8-14)24-20(25)12-22(21(24)26)11-16(23-31-22)15-9-18(29-3)19(30-4)10-17(15)28-2/h5-10H,11-12H2,1-4H3. The van der Waals surface area contributed by atoms with Crippen LogP contribution in [-0.2, 0) is 14.4 Å². The summed E-state index contributed by atoms with van der Waals surface area (Å²) in [6.07, 6.45) is 0.0105. The minimum Gasteiger partial charge on any atom is -0.497 e. The third-order valence-electron chi connectivity index (χ3n) is 5.41. The summed E-state index contributed by atoms with van der Waals surface area (Å²) >= 11 is 0. The Labute approximate surface area is 179 Å². The van der Waals surface area contributed by atoms with Gasteiger partial charge in [0.05, 0.1) is 46.3 Å². The third kappa shape index (κ3) is 3.31. The summed E-state index contributed by atoms with van der Waals surface area (Å²) in [5.74, 6) is 1.28. The Morgan fingerprint density at radius 3 is 2.13 bits per heavy atom. The SMILES string of the molecule is COc1ccc(N2C(=O)CC3(CC(c4cc(OC)c(OC)cc4OC)=NO3)C2=O)cc1. The van der Waals surface area contributed by atoms with Crippen molar-refractivity contribution >= 4 is 23.2 Å². The zero-order valence-corrected chi connectivity index (χ0v) is 17.6. The molecule has 4 rings (SSSR count). The van der Waals surface area contributed by atoms with Crippen molar-refractivity contribution in [3.05, 3.63) is 42.0 Å². The van der Waals surface area contributed by atoms with Gasteiger partial charge in [-0.1, -0.05) is 5.16 Å². The molecule has 2 aliphatic heterocycles. The van der Waals surface area contributed by atoms with Crippen LogP contribution in [0.1, 0.15) is 18.4 Å². The Balaban J connectivity index is 1.63. The molecule has 0 aromatic heterocycles. The number of imide groups is 1. The van der Waals surface area contributed by atoms with Crippen LogP contribution in [0.4, 0.5) is 5.69 Å². The van der Waals surface area contributed by atoms with Gasteiger partial charge in [0.1, 0.15) is 11.5 Å². The lowest BCUT2D eigenvalue weighted by molar-refractivity contribution is -0.136. The molecule has 0 bridgehead atoms. The third-order valence-corrected chi connectivity index (χ3v) is 5.41. The van der Waals surface area contributed by atoms with Gasteiger partial charge in [-0.25, -0.2) is 4.90 Å². The largest absolute Gasteiger partial charge is 0.497 e. The zero-order valence-electron chi connectivity index (χ0n) is 17.6. The van der Waals surface area contributed by atoms with Gasteiger partial charge in [0.15, 0.2) is 11.5 Å². The number of benzene rings is 2. The van der Waals surface area contributed by atoms with Gasteiger partial charge in [0.25, 0.3) is 5.91 Å². The molecule has 0 aliphatic carbocycles. The van der Waals surface area contributed by atoms with Crippen LogP contribution in [0.3, 0.4) is 0 Å². The van der Waals surface area contributed by atoms with Gasteiger partial charge in [-0.3, -0.25) is 9.59 Å². The molecule has 0 radical (unpaired) electrons. The van der Waals surface area contributed by atoms with Gasteiger partial charge in [-0.2, -0.15) is 0 Å². The van der Waals surface area contributed by atoms with Crippen molar-refractivity contribution in [3.63, 3.8) is 0 Å². The predicted molar refractivity (Wildman–Crippen MR) is 111 cm³/mol. The van der Waals surface area contributed by atoms with Crippen molar-refractivity contribution in [2.45, 2.75) is 18.4 Å². The van der Waals surface area contributed by atoms with E-state index in [4.69, 9.17) is 23.8 Å². The van der Waals surface area contributed by atoms with E-state index in [0.717, 1.165) is 4.90 Å². The maximum Gasteiger partial charge on any atom is 0.281 e. The molecular formula is C22H22N2O7. The Bertz CT molecular complexity index is 1060. The maximum atomic E-state index is 13.2. The summed E-state index contributed by atoms with van der Waals surface area (Å²) in [4.78, 5) is 32.7. The number of nitrogens with zero attached hydrogens (tertiary/aromatic N) is 2. The minimum atomic E-state index is -1.38. The molecule has 162 valence electrons.